The molecular weight excluding hydrogens is 266 g/mol. The lowest BCUT2D eigenvalue weighted by molar-refractivity contribution is 0.574. The van der Waals surface area contributed by atoms with Crippen molar-refractivity contribution in [1.82, 2.24) is 10.2 Å². The molecule has 0 saturated heterocycles. The molecule has 0 unspecified atom stereocenters. The van der Waals surface area contributed by atoms with Crippen molar-refractivity contribution >= 4 is 27.8 Å². The Labute approximate surface area is 120 Å². The number of rotatable bonds is 1. The monoisotopic (exact) mass is 281 g/mol. The average Bonchev–Trinajstić information content (AvgIpc) is 3.10. The molecule has 4 rings (SSSR count). The van der Waals surface area contributed by atoms with Gasteiger partial charge < -0.3 is 14.6 Å². The molecule has 0 aliphatic carbocycles. The third-order valence-electron chi connectivity index (χ3n) is 3.89. The van der Waals surface area contributed by atoms with E-state index in [-0.39, 0.29) is 0 Å². The summed E-state index contributed by atoms with van der Waals surface area (Å²) in [4.78, 5) is 0. The Morgan fingerprint density at radius 3 is 2.33 bits per heavy atom. The van der Waals surface area contributed by atoms with Crippen molar-refractivity contribution in [2.24, 2.45) is 0 Å². The zero-order valence-electron chi connectivity index (χ0n) is 12.1. The topological polar surface area (TPSA) is 81.0 Å². The third kappa shape index (κ3) is 1.54. The molecule has 21 heavy (non-hydrogen) atoms. The molecule has 3 aromatic heterocycles. The first-order valence-electron chi connectivity index (χ1n) is 6.78. The van der Waals surface area contributed by atoms with Gasteiger partial charge in [-0.1, -0.05) is 0 Å². The summed E-state index contributed by atoms with van der Waals surface area (Å²) in [6.45, 7) is 5.93. The Balaban J connectivity index is 2.29. The van der Waals surface area contributed by atoms with Crippen LogP contribution < -0.4 is 5.73 Å². The summed E-state index contributed by atoms with van der Waals surface area (Å²) in [7, 11) is 0. The summed E-state index contributed by atoms with van der Waals surface area (Å²) in [6.07, 6.45) is 1.72. The van der Waals surface area contributed by atoms with Crippen LogP contribution in [0.5, 0.6) is 0 Å². The molecule has 0 saturated carbocycles. The minimum atomic E-state index is 0.523. The van der Waals surface area contributed by atoms with E-state index in [1.807, 2.05) is 32.9 Å². The maximum absolute atomic E-state index is 6.02. The van der Waals surface area contributed by atoms with Crippen LogP contribution in [0.15, 0.2) is 27.2 Å². The summed E-state index contributed by atoms with van der Waals surface area (Å²) >= 11 is 0. The number of nitrogens with two attached hydrogens (primary N) is 1. The number of H-pyrrole nitrogens is 1. The summed E-state index contributed by atoms with van der Waals surface area (Å²) in [5.41, 5.74) is 10.6. The predicted octanol–water partition coefficient (Wildman–Crippen LogP) is 4.08. The summed E-state index contributed by atoms with van der Waals surface area (Å²) < 4.78 is 11.8. The number of furan rings is 2. The first-order valence-corrected chi connectivity index (χ1v) is 6.78. The minimum Gasteiger partial charge on any atom is -0.461 e. The number of hydrogen-bond donors (Lipinski definition) is 2. The number of fused-ring (bicyclic) bond motifs is 2. The van der Waals surface area contributed by atoms with Crippen molar-refractivity contribution in [3.63, 3.8) is 0 Å². The lowest BCUT2D eigenvalue weighted by atomic mass is 9.98. The summed E-state index contributed by atoms with van der Waals surface area (Å²) in [6, 6.07) is 4.04. The van der Waals surface area contributed by atoms with E-state index in [4.69, 9.17) is 14.6 Å². The number of hydrogen-bond acceptors (Lipinski definition) is 4. The molecule has 5 nitrogen and oxygen atoms in total. The first-order chi connectivity index (χ1) is 10.1. The highest BCUT2D eigenvalue weighted by atomic mass is 16.3. The maximum Gasteiger partial charge on any atom is 0.143 e. The van der Waals surface area contributed by atoms with Gasteiger partial charge in [0, 0.05) is 27.5 Å². The Bertz CT molecular complexity index is 930. The number of benzene rings is 1. The quantitative estimate of drug-likeness (QED) is 0.551. The molecule has 106 valence electrons. The molecule has 0 spiro atoms. The van der Waals surface area contributed by atoms with Crippen molar-refractivity contribution in [1.29, 1.82) is 0 Å². The van der Waals surface area contributed by atoms with Crippen molar-refractivity contribution < 1.29 is 8.83 Å². The van der Waals surface area contributed by atoms with E-state index >= 15 is 0 Å². The number of aromatic amines is 1. The Hall–Kier alpha value is -2.69. The first kappa shape index (κ1) is 12.1. The molecule has 0 bridgehead atoms. The van der Waals surface area contributed by atoms with Gasteiger partial charge in [0.25, 0.3) is 0 Å². The van der Waals surface area contributed by atoms with Gasteiger partial charge in [0.05, 0.1) is 6.20 Å². The molecule has 3 N–H and O–H groups in total. The van der Waals surface area contributed by atoms with E-state index in [9.17, 15) is 0 Å². The van der Waals surface area contributed by atoms with E-state index in [2.05, 4.69) is 10.2 Å². The molecule has 0 fully saturated rings. The van der Waals surface area contributed by atoms with Gasteiger partial charge in [-0.2, -0.15) is 5.10 Å². The van der Waals surface area contributed by atoms with Crippen LogP contribution in [0.3, 0.4) is 0 Å². The molecular formula is C16H15N3O2. The van der Waals surface area contributed by atoms with Gasteiger partial charge in [-0.3, -0.25) is 5.10 Å². The van der Waals surface area contributed by atoms with Gasteiger partial charge in [0.15, 0.2) is 0 Å². The van der Waals surface area contributed by atoms with Crippen molar-refractivity contribution in [2.45, 2.75) is 20.8 Å². The van der Waals surface area contributed by atoms with Gasteiger partial charge in [-0.15, -0.1) is 0 Å². The number of aryl methyl sites for hydroxylation is 3. The SMILES string of the molecule is Cc1cc2c(-c3cn[nH]c3N)c3oc(C)cc3c(C)c2o1. The molecule has 0 aliphatic rings. The second-order valence-corrected chi connectivity index (χ2v) is 5.40. The zero-order chi connectivity index (χ0) is 14.7. The number of anilines is 1. The fourth-order valence-electron chi connectivity index (χ4n) is 2.96. The zero-order valence-corrected chi connectivity index (χ0v) is 12.1. The number of aromatic nitrogens is 2. The fraction of sp³-hybridized carbons (Fsp3) is 0.188. The molecule has 4 aromatic rings. The number of nitrogens with zero attached hydrogens (tertiary/aromatic N) is 1. The van der Waals surface area contributed by atoms with Gasteiger partial charge in [-0.25, -0.2) is 0 Å². The summed E-state index contributed by atoms with van der Waals surface area (Å²) in [5, 5.41) is 8.85. The predicted molar refractivity (Wildman–Crippen MR) is 82.2 cm³/mol. The van der Waals surface area contributed by atoms with Crippen molar-refractivity contribution in [3.05, 3.63) is 35.4 Å². The smallest absolute Gasteiger partial charge is 0.143 e. The van der Waals surface area contributed by atoms with E-state index in [0.29, 0.717) is 5.82 Å². The largest absolute Gasteiger partial charge is 0.461 e. The van der Waals surface area contributed by atoms with Gasteiger partial charge in [0.2, 0.25) is 0 Å². The fourth-order valence-corrected chi connectivity index (χ4v) is 2.96. The van der Waals surface area contributed by atoms with Crippen LogP contribution in [0.2, 0.25) is 0 Å². The number of nitrogen functional groups attached to an aromatic ring is 1. The van der Waals surface area contributed by atoms with E-state index in [1.165, 1.54) is 0 Å². The normalized spacial score (nSPS) is 11.8. The Morgan fingerprint density at radius 1 is 1.00 bits per heavy atom. The van der Waals surface area contributed by atoms with Crippen LogP contribution in [-0.2, 0) is 0 Å². The van der Waals surface area contributed by atoms with Gasteiger partial charge in [0.1, 0.15) is 28.5 Å². The molecule has 5 heteroatoms. The molecule has 1 aromatic carbocycles. The molecule has 0 atom stereocenters. The van der Waals surface area contributed by atoms with Crippen LogP contribution in [-0.4, -0.2) is 10.2 Å². The second kappa shape index (κ2) is 3.91. The van der Waals surface area contributed by atoms with Gasteiger partial charge >= 0.3 is 0 Å². The number of nitrogens with one attached hydrogen (secondary N) is 1. The highest BCUT2D eigenvalue weighted by molar-refractivity contribution is 6.12. The second-order valence-electron chi connectivity index (χ2n) is 5.40. The van der Waals surface area contributed by atoms with Crippen LogP contribution in [0.1, 0.15) is 17.1 Å². The van der Waals surface area contributed by atoms with Crippen molar-refractivity contribution in [3.8, 4) is 11.1 Å². The maximum atomic E-state index is 6.02. The molecule has 0 radical (unpaired) electrons. The van der Waals surface area contributed by atoms with E-state index in [1.54, 1.807) is 6.20 Å². The highest BCUT2D eigenvalue weighted by Gasteiger charge is 2.21. The highest BCUT2D eigenvalue weighted by Crippen LogP contribution is 2.42. The van der Waals surface area contributed by atoms with Gasteiger partial charge in [-0.05, 0) is 32.9 Å². The molecule has 3 heterocycles. The Kier molecular flexibility index (Phi) is 2.25. The van der Waals surface area contributed by atoms with Crippen LogP contribution in [0.4, 0.5) is 5.82 Å². The van der Waals surface area contributed by atoms with Crippen LogP contribution in [0.25, 0.3) is 33.1 Å². The van der Waals surface area contributed by atoms with Crippen LogP contribution >= 0.6 is 0 Å². The molecule has 0 aliphatic heterocycles. The third-order valence-corrected chi connectivity index (χ3v) is 3.89. The van der Waals surface area contributed by atoms with Crippen molar-refractivity contribution in [2.75, 3.05) is 5.73 Å². The Morgan fingerprint density at radius 2 is 1.67 bits per heavy atom. The lowest BCUT2D eigenvalue weighted by Crippen LogP contribution is -1.89. The minimum absolute atomic E-state index is 0.523. The standard InChI is InChI=1S/C16H15N3O2/c1-7-4-10-9(3)14-11(5-8(2)20-14)13(15(10)21-7)12-6-18-19-16(12)17/h4-6H,1-3H3,(H3,17,18,19). The van der Waals surface area contributed by atoms with Crippen LogP contribution in [0, 0.1) is 20.8 Å². The average molecular weight is 281 g/mol. The van der Waals surface area contributed by atoms with E-state index < -0.39 is 0 Å². The lowest BCUT2D eigenvalue weighted by Gasteiger charge is -2.06. The van der Waals surface area contributed by atoms with E-state index in [0.717, 1.165) is 50.1 Å². The summed E-state index contributed by atoms with van der Waals surface area (Å²) in [5.74, 6) is 2.25. The molecule has 0 amide bonds.